The fourth-order valence-corrected chi connectivity index (χ4v) is 5.03. The summed E-state index contributed by atoms with van der Waals surface area (Å²) in [7, 11) is 3.16. The molecule has 5 heteroatoms. The van der Waals surface area contributed by atoms with Gasteiger partial charge in [0.25, 0.3) is 5.56 Å². The van der Waals surface area contributed by atoms with Crippen LogP contribution in [0.3, 0.4) is 0 Å². The van der Waals surface area contributed by atoms with Gasteiger partial charge in [-0.25, -0.2) is 4.79 Å². The second-order valence-electron chi connectivity index (χ2n) is 10.2. The molecule has 0 amide bonds. The molecule has 0 bridgehead atoms. The van der Waals surface area contributed by atoms with Crippen LogP contribution in [0.4, 0.5) is 0 Å². The van der Waals surface area contributed by atoms with Gasteiger partial charge in [0.2, 0.25) is 0 Å². The quantitative estimate of drug-likeness (QED) is 0.258. The number of aryl methyl sites for hydroxylation is 4. The molecular formula is C30H33NO4. The van der Waals surface area contributed by atoms with Gasteiger partial charge in [0.1, 0.15) is 0 Å². The molecule has 0 aliphatic carbocycles. The van der Waals surface area contributed by atoms with E-state index in [0.717, 1.165) is 49.7 Å². The SMILES string of the molecule is COC(=O)[C@@H](OC(C)(C)C)c1c(-c2ccc(C)cc2)c(C)c2c3ccccc3c(=O)n(C)c2c1C. The van der Waals surface area contributed by atoms with Gasteiger partial charge in [-0.3, -0.25) is 4.79 Å². The number of fused-ring (bicyclic) bond motifs is 3. The standard InChI is InChI=1S/C30H33NO4/c1-17-13-15-20(16-14-17)23-18(2)24-21-11-9-10-12-22(21)28(32)31(7)26(24)19(3)25(23)27(29(33)34-8)35-30(4,5)6/h9-16,27H,1-8H3/t27-/m0/s1. The van der Waals surface area contributed by atoms with E-state index in [4.69, 9.17) is 9.47 Å². The second kappa shape index (κ2) is 8.97. The summed E-state index contributed by atoms with van der Waals surface area (Å²) in [5.74, 6) is -0.471. The molecule has 0 unspecified atom stereocenters. The van der Waals surface area contributed by atoms with Gasteiger partial charge in [0.15, 0.2) is 6.10 Å². The summed E-state index contributed by atoms with van der Waals surface area (Å²) in [6.45, 7) is 11.8. The van der Waals surface area contributed by atoms with Gasteiger partial charge in [-0.2, -0.15) is 0 Å². The number of rotatable bonds is 4. The highest BCUT2D eigenvalue weighted by atomic mass is 16.6. The van der Waals surface area contributed by atoms with Crippen molar-refractivity contribution >= 4 is 27.6 Å². The first-order valence-corrected chi connectivity index (χ1v) is 11.8. The van der Waals surface area contributed by atoms with E-state index in [2.05, 4.69) is 31.2 Å². The predicted molar refractivity (Wildman–Crippen MR) is 142 cm³/mol. The Morgan fingerprint density at radius 2 is 1.51 bits per heavy atom. The van der Waals surface area contributed by atoms with Crippen LogP contribution in [0, 0.1) is 20.8 Å². The number of esters is 1. The van der Waals surface area contributed by atoms with Crippen molar-refractivity contribution in [3.8, 4) is 11.1 Å². The number of ether oxygens (including phenoxy) is 2. The predicted octanol–water partition coefficient (Wildman–Crippen LogP) is 6.31. The lowest BCUT2D eigenvalue weighted by molar-refractivity contribution is -0.164. The minimum absolute atomic E-state index is 0.0732. The lowest BCUT2D eigenvalue weighted by atomic mass is 9.84. The number of methoxy groups -OCH3 is 1. The van der Waals surface area contributed by atoms with Crippen molar-refractivity contribution in [3.05, 3.63) is 81.1 Å². The highest BCUT2D eigenvalue weighted by Gasteiger charge is 2.34. The topological polar surface area (TPSA) is 57.5 Å². The molecule has 182 valence electrons. The lowest BCUT2D eigenvalue weighted by Crippen LogP contribution is -2.30. The van der Waals surface area contributed by atoms with Crippen LogP contribution in [0.1, 0.15) is 49.1 Å². The summed E-state index contributed by atoms with van der Waals surface area (Å²) in [6, 6.07) is 16.0. The molecule has 0 aliphatic heterocycles. The second-order valence-corrected chi connectivity index (χ2v) is 10.2. The molecule has 5 nitrogen and oxygen atoms in total. The van der Waals surface area contributed by atoms with Crippen LogP contribution >= 0.6 is 0 Å². The molecule has 1 heterocycles. The van der Waals surface area contributed by atoms with Gasteiger partial charge in [0.05, 0.1) is 18.2 Å². The van der Waals surface area contributed by atoms with Crippen molar-refractivity contribution in [1.82, 2.24) is 4.57 Å². The third-order valence-electron chi connectivity index (χ3n) is 6.57. The fourth-order valence-electron chi connectivity index (χ4n) is 5.03. The van der Waals surface area contributed by atoms with Crippen molar-refractivity contribution in [2.24, 2.45) is 7.05 Å². The van der Waals surface area contributed by atoms with Crippen molar-refractivity contribution in [3.63, 3.8) is 0 Å². The van der Waals surface area contributed by atoms with E-state index in [-0.39, 0.29) is 5.56 Å². The van der Waals surface area contributed by atoms with Gasteiger partial charge >= 0.3 is 5.97 Å². The van der Waals surface area contributed by atoms with E-state index < -0.39 is 17.7 Å². The number of aromatic nitrogens is 1. The van der Waals surface area contributed by atoms with Gasteiger partial charge in [-0.15, -0.1) is 0 Å². The molecule has 1 atom stereocenters. The summed E-state index contributed by atoms with van der Waals surface area (Å²) in [6.07, 6.45) is -0.957. The Hall–Kier alpha value is -3.44. The van der Waals surface area contributed by atoms with Crippen LogP contribution in [0.2, 0.25) is 0 Å². The summed E-state index contributed by atoms with van der Waals surface area (Å²) in [4.78, 5) is 26.5. The Balaban J connectivity index is 2.27. The Morgan fingerprint density at radius 1 is 0.914 bits per heavy atom. The first-order chi connectivity index (χ1) is 16.5. The van der Waals surface area contributed by atoms with Crippen LogP contribution in [0.5, 0.6) is 0 Å². The Morgan fingerprint density at radius 3 is 2.09 bits per heavy atom. The zero-order valence-corrected chi connectivity index (χ0v) is 21.8. The molecule has 1 aromatic heterocycles. The number of carbonyl (C=O) groups is 1. The molecule has 0 spiro atoms. The molecule has 0 aliphatic rings. The number of benzene rings is 3. The number of hydrogen-bond acceptors (Lipinski definition) is 4. The Bertz CT molecular complexity index is 1500. The number of carbonyl (C=O) groups excluding carboxylic acids is 1. The average molecular weight is 472 g/mol. The van der Waals surface area contributed by atoms with E-state index in [1.165, 1.54) is 7.11 Å². The monoisotopic (exact) mass is 471 g/mol. The summed E-state index contributed by atoms with van der Waals surface area (Å²) >= 11 is 0. The number of hydrogen-bond donors (Lipinski definition) is 0. The molecule has 4 rings (SSSR count). The minimum Gasteiger partial charge on any atom is -0.467 e. The smallest absolute Gasteiger partial charge is 0.339 e. The molecule has 0 saturated carbocycles. The van der Waals surface area contributed by atoms with Crippen LogP contribution < -0.4 is 5.56 Å². The maximum Gasteiger partial charge on any atom is 0.339 e. The van der Waals surface area contributed by atoms with E-state index >= 15 is 0 Å². The summed E-state index contributed by atoms with van der Waals surface area (Å²) in [5.41, 5.74) is 5.72. The zero-order valence-electron chi connectivity index (χ0n) is 21.8. The molecular weight excluding hydrogens is 438 g/mol. The van der Waals surface area contributed by atoms with Crippen molar-refractivity contribution in [1.29, 1.82) is 0 Å². The van der Waals surface area contributed by atoms with Crippen molar-refractivity contribution in [2.45, 2.75) is 53.2 Å². The van der Waals surface area contributed by atoms with E-state index in [9.17, 15) is 9.59 Å². The van der Waals surface area contributed by atoms with Crippen molar-refractivity contribution < 1.29 is 14.3 Å². The fraction of sp³-hybridized carbons (Fsp3) is 0.333. The molecule has 4 aromatic rings. The minimum atomic E-state index is -0.957. The largest absolute Gasteiger partial charge is 0.467 e. The molecule has 0 radical (unpaired) electrons. The molecule has 35 heavy (non-hydrogen) atoms. The average Bonchev–Trinajstić information content (AvgIpc) is 2.81. The Kier molecular flexibility index (Phi) is 6.32. The highest BCUT2D eigenvalue weighted by Crippen LogP contribution is 2.43. The third-order valence-corrected chi connectivity index (χ3v) is 6.57. The molecule has 0 fully saturated rings. The summed E-state index contributed by atoms with van der Waals surface area (Å²) < 4.78 is 13.3. The first kappa shape index (κ1) is 24.7. The first-order valence-electron chi connectivity index (χ1n) is 11.8. The Labute approximate surface area is 206 Å². The highest BCUT2D eigenvalue weighted by molar-refractivity contribution is 6.11. The summed E-state index contributed by atoms with van der Waals surface area (Å²) in [5, 5.41) is 2.57. The van der Waals surface area contributed by atoms with E-state index in [0.29, 0.717) is 5.39 Å². The molecule has 3 aromatic carbocycles. The van der Waals surface area contributed by atoms with Crippen LogP contribution in [-0.4, -0.2) is 23.2 Å². The normalized spacial score (nSPS) is 12.8. The number of pyridine rings is 1. The van der Waals surface area contributed by atoms with Gasteiger partial charge in [-0.1, -0.05) is 48.0 Å². The van der Waals surface area contributed by atoms with Crippen LogP contribution in [0.15, 0.2) is 53.3 Å². The zero-order chi connectivity index (χ0) is 25.7. The maximum atomic E-state index is 13.3. The molecule has 0 N–H and O–H groups in total. The van der Waals surface area contributed by atoms with Crippen LogP contribution in [-0.2, 0) is 21.3 Å². The maximum absolute atomic E-state index is 13.3. The lowest BCUT2D eigenvalue weighted by Gasteiger charge is -2.30. The van der Waals surface area contributed by atoms with Crippen LogP contribution in [0.25, 0.3) is 32.8 Å². The van der Waals surface area contributed by atoms with Gasteiger partial charge in [0, 0.05) is 23.4 Å². The van der Waals surface area contributed by atoms with E-state index in [1.807, 2.05) is 58.9 Å². The van der Waals surface area contributed by atoms with E-state index in [1.54, 1.807) is 11.6 Å². The third kappa shape index (κ3) is 4.25. The van der Waals surface area contributed by atoms with Crippen molar-refractivity contribution in [2.75, 3.05) is 7.11 Å². The van der Waals surface area contributed by atoms with Gasteiger partial charge in [-0.05, 0) is 75.2 Å². The van der Waals surface area contributed by atoms with Gasteiger partial charge < -0.3 is 14.0 Å². The number of nitrogens with zero attached hydrogens (tertiary/aromatic N) is 1. The molecule has 0 saturated heterocycles.